The fourth-order valence-electron chi connectivity index (χ4n) is 2.39. The van der Waals surface area contributed by atoms with E-state index in [2.05, 4.69) is 16.2 Å². The van der Waals surface area contributed by atoms with Gasteiger partial charge < -0.3 is 5.73 Å². The highest BCUT2D eigenvalue weighted by Gasteiger charge is 2.18. The van der Waals surface area contributed by atoms with Crippen molar-refractivity contribution >= 4 is 23.1 Å². The van der Waals surface area contributed by atoms with Crippen LogP contribution in [0.15, 0.2) is 24.3 Å². The third-order valence-corrected chi connectivity index (χ3v) is 3.65. The number of halogens is 1. The first-order chi connectivity index (χ1) is 10.0. The van der Waals surface area contributed by atoms with E-state index in [0.29, 0.717) is 27.7 Å². The average molecular weight is 298 g/mol. The van der Waals surface area contributed by atoms with E-state index in [-0.39, 0.29) is 0 Å². The summed E-state index contributed by atoms with van der Waals surface area (Å²) in [7, 11) is 0. The molecule has 5 nitrogen and oxygen atoms in total. The van der Waals surface area contributed by atoms with E-state index in [1.54, 1.807) is 6.92 Å². The molecule has 2 N–H and O–H groups in total. The van der Waals surface area contributed by atoms with Crippen molar-refractivity contribution in [3.63, 3.8) is 0 Å². The lowest BCUT2D eigenvalue weighted by Gasteiger charge is -2.05. The molecule has 0 aliphatic heterocycles. The van der Waals surface area contributed by atoms with Crippen LogP contribution in [0, 0.1) is 25.2 Å². The number of hydrogen-bond acceptors (Lipinski definition) is 4. The highest BCUT2D eigenvalue weighted by atomic mass is 35.5. The number of nitrogen functional groups attached to an aromatic ring is 1. The second-order valence-corrected chi connectivity index (χ2v) is 5.21. The molecule has 1 aromatic carbocycles. The topological polar surface area (TPSA) is 80.0 Å². The molecule has 0 aliphatic carbocycles. The minimum absolute atomic E-state index is 0.309. The molecule has 0 amide bonds. The number of rotatable bonds is 1. The van der Waals surface area contributed by atoms with Crippen LogP contribution in [-0.2, 0) is 0 Å². The van der Waals surface area contributed by atoms with Gasteiger partial charge in [0.25, 0.3) is 0 Å². The zero-order valence-electron chi connectivity index (χ0n) is 11.6. The van der Waals surface area contributed by atoms with Crippen LogP contribution >= 0.6 is 11.6 Å². The number of nitriles is 1. The molecule has 21 heavy (non-hydrogen) atoms. The number of nitrogens with zero attached hydrogens (tertiary/aromatic N) is 4. The van der Waals surface area contributed by atoms with Crippen molar-refractivity contribution in [3.05, 3.63) is 46.2 Å². The lowest BCUT2D eigenvalue weighted by molar-refractivity contribution is 0.917. The lowest BCUT2D eigenvalue weighted by Crippen LogP contribution is -2.06. The molecule has 2 aromatic heterocycles. The van der Waals surface area contributed by atoms with Gasteiger partial charge in [-0.2, -0.15) is 14.9 Å². The number of aromatic nitrogens is 3. The predicted octanol–water partition coefficient (Wildman–Crippen LogP) is 3.12. The molecule has 0 saturated heterocycles. The number of nitrogens with two attached hydrogens (primary N) is 1. The smallest absolute Gasteiger partial charge is 0.165 e. The monoisotopic (exact) mass is 297 g/mol. The maximum atomic E-state index is 9.16. The van der Waals surface area contributed by atoms with Crippen LogP contribution in [0.5, 0.6) is 0 Å². The third kappa shape index (κ3) is 2.01. The zero-order chi connectivity index (χ0) is 15.1. The molecule has 3 aromatic rings. The fraction of sp³-hybridized carbons (Fsp3) is 0.133. The van der Waals surface area contributed by atoms with E-state index in [0.717, 1.165) is 16.8 Å². The largest absolute Gasteiger partial charge is 0.382 e. The normalized spacial score (nSPS) is 10.8. The Morgan fingerprint density at radius 2 is 1.86 bits per heavy atom. The molecule has 0 fully saturated rings. The molecular weight excluding hydrogens is 286 g/mol. The Hall–Kier alpha value is -2.58. The quantitative estimate of drug-likeness (QED) is 0.748. The van der Waals surface area contributed by atoms with Gasteiger partial charge in [0.15, 0.2) is 5.65 Å². The van der Waals surface area contributed by atoms with Crippen molar-refractivity contribution in [2.24, 2.45) is 0 Å². The van der Waals surface area contributed by atoms with Crippen LogP contribution in [-0.4, -0.2) is 14.6 Å². The summed E-state index contributed by atoms with van der Waals surface area (Å²) >= 11 is 5.93. The van der Waals surface area contributed by atoms with Crippen molar-refractivity contribution in [2.45, 2.75) is 13.8 Å². The third-order valence-electron chi connectivity index (χ3n) is 3.40. The summed E-state index contributed by atoms with van der Waals surface area (Å²) in [4.78, 5) is 4.49. The van der Waals surface area contributed by atoms with E-state index in [1.807, 2.05) is 31.2 Å². The zero-order valence-corrected chi connectivity index (χ0v) is 12.3. The van der Waals surface area contributed by atoms with Gasteiger partial charge in [0.1, 0.15) is 17.5 Å². The van der Waals surface area contributed by atoms with Gasteiger partial charge in [0, 0.05) is 10.6 Å². The standard InChI is InChI=1S/C15H12ClN5/c1-8-12(7-17)14(18)21-15(19-8)13(9(2)20-21)10-3-5-11(16)6-4-10/h3-6H,18H2,1-2H3. The molecule has 0 aliphatic rings. The molecule has 0 saturated carbocycles. The van der Waals surface area contributed by atoms with Gasteiger partial charge in [0.05, 0.1) is 11.4 Å². The van der Waals surface area contributed by atoms with Gasteiger partial charge in [-0.05, 0) is 31.5 Å². The van der Waals surface area contributed by atoms with Crippen LogP contribution < -0.4 is 5.73 Å². The van der Waals surface area contributed by atoms with Gasteiger partial charge in [-0.1, -0.05) is 23.7 Å². The summed E-state index contributed by atoms with van der Waals surface area (Å²) in [5, 5.41) is 14.2. The minimum atomic E-state index is 0.309. The molecule has 0 unspecified atom stereocenters. The van der Waals surface area contributed by atoms with Crippen LogP contribution in [0.1, 0.15) is 17.0 Å². The van der Waals surface area contributed by atoms with Gasteiger partial charge in [0.2, 0.25) is 0 Å². The van der Waals surface area contributed by atoms with Crippen LogP contribution in [0.3, 0.4) is 0 Å². The predicted molar refractivity (Wildman–Crippen MR) is 82.0 cm³/mol. The van der Waals surface area contributed by atoms with Crippen molar-refractivity contribution in [2.75, 3.05) is 5.73 Å². The Balaban J connectivity index is 2.37. The average Bonchev–Trinajstić information content (AvgIpc) is 2.77. The minimum Gasteiger partial charge on any atom is -0.382 e. The van der Waals surface area contributed by atoms with Gasteiger partial charge in [-0.3, -0.25) is 0 Å². The Kier molecular flexibility index (Phi) is 3.04. The number of hydrogen-bond donors (Lipinski definition) is 1. The Morgan fingerprint density at radius 1 is 1.19 bits per heavy atom. The van der Waals surface area contributed by atoms with E-state index in [9.17, 15) is 0 Å². The second-order valence-electron chi connectivity index (χ2n) is 4.77. The molecule has 0 radical (unpaired) electrons. The molecule has 3 rings (SSSR count). The highest BCUT2D eigenvalue weighted by Crippen LogP contribution is 2.30. The van der Waals surface area contributed by atoms with Gasteiger partial charge >= 0.3 is 0 Å². The maximum Gasteiger partial charge on any atom is 0.165 e. The number of anilines is 1. The SMILES string of the molecule is Cc1nc2c(-c3ccc(Cl)cc3)c(C)nn2c(N)c1C#N. The van der Waals surface area contributed by atoms with E-state index in [4.69, 9.17) is 22.6 Å². The first kappa shape index (κ1) is 13.4. The summed E-state index contributed by atoms with van der Waals surface area (Å²) in [6.45, 7) is 3.66. The van der Waals surface area contributed by atoms with Crippen LogP contribution in [0.4, 0.5) is 5.82 Å². The molecule has 6 heteroatoms. The van der Waals surface area contributed by atoms with Gasteiger partial charge in [-0.25, -0.2) is 4.98 Å². The van der Waals surface area contributed by atoms with E-state index < -0.39 is 0 Å². The highest BCUT2D eigenvalue weighted by molar-refractivity contribution is 6.30. The summed E-state index contributed by atoms with van der Waals surface area (Å²) in [6.07, 6.45) is 0. The second kappa shape index (κ2) is 4.76. The molecule has 0 bridgehead atoms. The number of fused-ring (bicyclic) bond motifs is 1. The first-order valence-electron chi connectivity index (χ1n) is 6.34. The molecular formula is C15H12ClN5. The Morgan fingerprint density at radius 3 is 2.48 bits per heavy atom. The molecule has 104 valence electrons. The van der Waals surface area contributed by atoms with E-state index >= 15 is 0 Å². The first-order valence-corrected chi connectivity index (χ1v) is 6.72. The lowest BCUT2D eigenvalue weighted by atomic mass is 10.1. The van der Waals surface area contributed by atoms with Gasteiger partial charge in [-0.15, -0.1) is 0 Å². The maximum absolute atomic E-state index is 9.16. The summed E-state index contributed by atoms with van der Waals surface area (Å²) in [5.41, 5.74) is 10.3. The number of benzene rings is 1. The Labute approximate surface area is 126 Å². The summed E-state index contributed by atoms with van der Waals surface area (Å²) < 4.78 is 1.52. The van der Waals surface area contributed by atoms with Crippen molar-refractivity contribution in [1.29, 1.82) is 5.26 Å². The molecule has 0 atom stereocenters. The van der Waals surface area contributed by atoms with Crippen molar-refractivity contribution in [1.82, 2.24) is 14.6 Å². The molecule has 2 heterocycles. The summed E-state index contributed by atoms with van der Waals surface area (Å²) in [5.74, 6) is 0.309. The van der Waals surface area contributed by atoms with E-state index in [1.165, 1.54) is 4.52 Å². The molecule has 0 spiro atoms. The van der Waals surface area contributed by atoms with Crippen molar-refractivity contribution in [3.8, 4) is 17.2 Å². The number of aryl methyl sites for hydroxylation is 2. The van der Waals surface area contributed by atoms with Crippen molar-refractivity contribution < 1.29 is 0 Å². The summed E-state index contributed by atoms with van der Waals surface area (Å²) in [6, 6.07) is 9.53. The Bertz CT molecular complexity index is 887. The van der Waals surface area contributed by atoms with Crippen LogP contribution in [0.25, 0.3) is 16.8 Å². The van der Waals surface area contributed by atoms with Crippen LogP contribution in [0.2, 0.25) is 5.02 Å². The fourth-order valence-corrected chi connectivity index (χ4v) is 2.51.